The van der Waals surface area contributed by atoms with Crippen LogP contribution in [0.2, 0.25) is 0 Å². The number of aromatic nitrogens is 3. The van der Waals surface area contributed by atoms with Crippen LogP contribution in [0.5, 0.6) is 0 Å². The number of allylic oxidation sites excluding steroid dienone is 2. The normalized spacial score (nSPS) is 22.0. The average molecular weight is 320 g/mol. The first-order valence-electron chi connectivity index (χ1n) is 9.39. The van der Waals surface area contributed by atoms with Gasteiger partial charge in [-0.15, -0.1) is 5.10 Å². The largest absolute Gasteiger partial charge is 0.328 e. The molecule has 0 bridgehead atoms. The van der Waals surface area contributed by atoms with E-state index in [4.69, 9.17) is 10.1 Å². The number of rotatable bonds is 1. The first kappa shape index (κ1) is 14.3. The fourth-order valence-electron chi connectivity index (χ4n) is 4.87. The molecule has 24 heavy (non-hydrogen) atoms. The molecule has 3 aliphatic rings. The molecule has 2 aromatic rings. The third-order valence-electron chi connectivity index (χ3n) is 6.02. The van der Waals surface area contributed by atoms with Crippen molar-refractivity contribution in [1.29, 1.82) is 0 Å². The zero-order chi connectivity index (χ0) is 16.0. The van der Waals surface area contributed by atoms with Gasteiger partial charge in [-0.2, -0.15) is 4.98 Å². The summed E-state index contributed by atoms with van der Waals surface area (Å²) in [7, 11) is 0. The van der Waals surface area contributed by atoms with Gasteiger partial charge in [0.05, 0.1) is 5.54 Å². The van der Waals surface area contributed by atoms with Crippen molar-refractivity contribution < 1.29 is 0 Å². The van der Waals surface area contributed by atoms with Gasteiger partial charge in [-0.1, -0.05) is 49.6 Å². The van der Waals surface area contributed by atoms with Crippen LogP contribution >= 0.6 is 0 Å². The maximum Gasteiger partial charge on any atom is 0.226 e. The second-order valence-electron chi connectivity index (χ2n) is 7.42. The summed E-state index contributed by atoms with van der Waals surface area (Å²) in [6.45, 7) is 0. The number of fused-ring (bicyclic) bond motifs is 3. The van der Waals surface area contributed by atoms with Gasteiger partial charge < -0.3 is 5.32 Å². The van der Waals surface area contributed by atoms with Gasteiger partial charge in [0.25, 0.3) is 0 Å². The second kappa shape index (κ2) is 5.47. The van der Waals surface area contributed by atoms with E-state index in [1.165, 1.54) is 63.5 Å². The van der Waals surface area contributed by atoms with Crippen molar-refractivity contribution in [3.63, 3.8) is 0 Å². The van der Waals surface area contributed by atoms with E-state index in [2.05, 4.69) is 34.3 Å². The Kier molecular flexibility index (Phi) is 3.25. The van der Waals surface area contributed by atoms with Crippen LogP contribution in [0.25, 0.3) is 11.4 Å². The van der Waals surface area contributed by atoms with Crippen molar-refractivity contribution in [2.24, 2.45) is 0 Å². The summed E-state index contributed by atoms with van der Waals surface area (Å²) >= 11 is 0. The molecule has 1 spiro atoms. The molecule has 1 fully saturated rings. The summed E-state index contributed by atoms with van der Waals surface area (Å²) in [6.07, 6.45) is 11.4. The first-order valence-corrected chi connectivity index (χ1v) is 9.39. The van der Waals surface area contributed by atoms with Crippen LogP contribution in [0.4, 0.5) is 5.95 Å². The lowest BCUT2D eigenvalue weighted by Gasteiger charge is -2.45. The topological polar surface area (TPSA) is 42.7 Å². The molecule has 124 valence electrons. The van der Waals surface area contributed by atoms with Crippen LogP contribution in [0, 0.1) is 0 Å². The Morgan fingerprint density at radius 2 is 1.71 bits per heavy atom. The van der Waals surface area contributed by atoms with E-state index in [-0.39, 0.29) is 5.54 Å². The van der Waals surface area contributed by atoms with Gasteiger partial charge in [-0.25, -0.2) is 4.68 Å². The average Bonchev–Trinajstić information content (AvgIpc) is 3.09. The zero-order valence-corrected chi connectivity index (χ0v) is 14.1. The van der Waals surface area contributed by atoms with Crippen molar-refractivity contribution in [2.45, 2.75) is 63.3 Å². The lowest BCUT2D eigenvalue weighted by atomic mass is 9.71. The quantitative estimate of drug-likeness (QED) is 0.816. The zero-order valence-electron chi connectivity index (χ0n) is 14.1. The van der Waals surface area contributed by atoms with Crippen molar-refractivity contribution in [3.8, 4) is 11.4 Å². The molecule has 1 aromatic heterocycles. The highest BCUT2D eigenvalue weighted by molar-refractivity contribution is 5.58. The highest BCUT2D eigenvalue weighted by atomic mass is 15.4. The van der Waals surface area contributed by atoms with Gasteiger partial charge in [0.15, 0.2) is 5.82 Å². The highest BCUT2D eigenvalue weighted by Crippen LogP contribution is 2.49. The Morgan fingerprint density at radius 1 is 0.917 bits per heavy atom. The standard InChI is InChI=1S/C20H24N4/c1-3-9-15(10-4-1)18-22-19-21-17-12-6-5-11-16(17)20(24(19)23-18)13-7-2-8-14-20/h1,3-4,9-10H,2,5-8,11-14H2,(H,21,22,23). The lowest BCUT2D eigenvalue weighted by molar-refractivity contribution is 0.205. The summed E-state index contributed by atoms with van der Waals surface area (Å²) in [5, 5.41) is 8.63. The molecule has 4 nitrogen and oxygen atoms in total. The van der Waals surface area contributed by atoms with Crippen LogP contribution in [-0.2, 0) is 5.54 Å². The van der Waals surface area contributed by atoms with Crippen molar-refractivity contribution >= 4 is 5.95 Å². The minimum Gasteiger partial charge on any atom is -0.328 e. The summed E-state index contributed by atoms with van der Waals surface area (Å²) in [6, 6.07) is 10.4. The van der Waals surface area contributed by atoms with Crippen LogP contribution in [0.15, 0.2) is 41.6 Å². The van der Waals surface area contributed by atoms with E-state index >= 15 is 0 Å². The Hall–Kier alpha value is -2.10. The molecular formula is C20H24N4. The van der Waals surface area contributed by atoms with E-state index in [1.54, 1.807) is 5.57 Å². The van der Waals surface area contributed by atoms with Crippen molar-refractivity contribution in [3.05, 3.63) is 41.6 Å². The number of nitrogens with one attached hydrogen (secondary N) is 1. The summed E-state index contributed by atoms with van der Waals surface area (Å²) < 4.78 is 2.25. The molecule has 0 saturated heterocycles. The lowest BCUT2D eigenvalue weighted by Crippen LogP contribution is -2.44. The van der Waals surface area contributed by atoms with Crippen LogP contribution in [0.1, 0.15) is 57.8 Å². The molecule has 0 unspecified atom stereocenters. The maximum atomic E-state index is 5.00. The predicted octanol–water partition coefficient (Wildman–Crippen LogP) is 4.86. The molecule has 1 saturated carbocycles. The van der Waals surface area contributed by atoms with Gasteiger partial charge in [-0.05, 0) is 44.1 Å². The molecule has 2 heterocycles. The van der Waals surface area contributed by atoms with Gasteiger partial charge >= 0.3 is 0 Å². The van der Waals surface area contributed by atoms with E-state index in [0.29, 0.717) is 0 Å². The van der Waals surface area contributed by atoms with Gasteiger partial charge in [0.2, 0.25) is 5.95 Å². The molecule has 1 aromatic carbocycles. The number of anilines is 1. The monoisotopic (exact) mass is 320 g/mol. The van der Waals surface area contributed by atoms with Gasteiger partial charge in [0, 0.05) is 11.3 Å². The molecule has 1 N–H and O–H groups in total. The van der Waals surface area contributed by atoms with E-state index in [0.717, 1.165) is 17.3 Å². The molecule has 0 atom stereocenters. The molecule has 2 aliphatic carbocycles. The van der Waals surface area contributed by atoms with Crippen molar-refractivity contribution in [1.82, 2.24) is 14.8 Å². The molecule has 5 rings (SSSR count). The fourth-order valence-corrected chi connectivity index (χ4v) is 4.87. The third kappa shape index (κ3) is 2.05. The van der Waals surface area contributed by atoms with Crippen LogP contribution in [0.3, 0.4) is 0 Å². The smallest absolute Gasteiger partial charge is 0.226 e. The molecule has 4 heteroatoms. The molecule has 0 amide bonds. The summed E-state index contributed by atoms with van der Waals surface area (Å²) in [5.41, 5.74) is 4.27. The first-order chi connectivity index (χ1) is 11.9. The minimum atomic E-state index is 0.0919. The molecular weight excluding hydrogens is 296 g/mol. The summed E-state index contributed by atoms with van der Waals surface area (Å²) in [4.78, 5) is 4.87. The second-order valence-corrected chi connectivity index (χ2v) is 7.42. The van der Waals surface area contributed by atoms with Crippen LogP contribution in [-0.4, -0.2) is 14.8 Å². The highest BCUT2D eigenvalue weighted by Gasteiger charge is 2.45. The third-order valence-corrected chi connectivity index (χ3v) is 6.02. The summed E-state index contributed by atoms with van der Waals surface area (Å²) in [5.74, 6) is 1.80. The van der Waals surface area contributed by atoms with Gasteiger partial charge in [0.1, 0.15) is 0 Å². The van der Waals surface area contributed by atoms with Crippen molar-refractivity contribution in [2.75, 3.05) is 5.32 Å². The Bertz CT molecular complexity index is 781. The fraction of sp³-hybridized carbons (Fsp3) is 0.500. The van der Waals surface area contributed by atoms with Gasteiger partial charge in [-0.3, -0.25) is 0 Å². The van der Waals surface area contributed by atoms with E-state index < -0.39 is 0 Å². The Balaban J connectivity index is 1.65. The maximum absolute atomic E-state index is 5.00. The predicted molar refractivity (Wildman–Crippen MR) is 95.6 cm³/mol. The number of benzene rings is 1. The number of nitrogens with zero attached hydrogens (tertiary/aromatic N) is 3. The van der Waals surface area contributed by atoms with Crippen LogP contribution < -0.4 is 5.32 Å². The molecule has 1 aliphatic heterocycles. The van der Waals surface area contributed by atoms with E-state index in [9.17, 15) is 0 Å². The van der Waals surface area contributed by atoms with E-state index in [1.807, 2.05) is 6.07 Å². The number of hydrogen-bond donors (Lipinski definition) is 1. The Labute approximate surface area is 143 Å². The Morgan fingerprint density at radius 3 is 2.54 bits per heavy atom. The minimum absolute atomic E-state index is 0.0919. The number of hydrogen-bond acceptors (Lipinski definition) is 3. The molecule has 0 radical (unpaired) electrons. The SMILES string of the molecule is c1ccc(-c2nc3n(n2)C2(CCCCC2)C2=C(CCCC2)N3)cc1.